The van der Waals surface area contributed by atoms with E-state index in [1.807, 2.05) is 35.8 Å². The Morgan fingerprint density at radius 3 is 2.60 bits per heavy atom. The first kappa shape index (κ1) is 22.1. The van der Waals surface area contributed by atoms with Gasteiger partial charge in [-0.3, -0.25) is 4.79 Å². The Hall–Kier alpha value is -2.59. The summed E-state index contributed by atoms with van der Waals surface area (Å²) in [5, 5.41) is 11.5. The highest BCUT2D eigenvalue weighted by Gasteiger charge is 2.15. The molecule has 30 heavy (non-hydrogen) atoms. The summed E-state index contributed by atoms with van der Waals surface area (Å²) >= 11 is 4.41. The summed E-state index contributed by atoms with van der Waals surface area (Å²) in [6.07, 6.45) is 0. The van der Waals surface area contributed by atoms with E-state index in [1.54, 1.807) is 13.2 Å². The summed E-state index contributed by atoms with van der Waals surface area (Å²) in [5.41, 5.74) is 0.134. The van der Waals surface area contributed by atoms with E-state index < -0.39 is 5.82 Å². The zero-order chi connectivity index (χ0) is 21.5. The first-order valence-electron chi connectivity index (χ1n) is 9.06. The molecule has 1 heterocycles. The van der Waals surface area contributed by atoms with Gasteiger partial charge >= 0.3 is 0 Å². The van der Waals surface area contributed by atoms with Gasteiger partial charge in [0.2, 0.25) is 5.91 Å². The number of carbonyl (C=O) groups excluding carboxylic acids is 1. The van der Waals surface area contributed by atoms with Crippen molar-refractivity contribution in [1.29, 1.82) is 0 Å². The fourth-order valence-corrected chi connectivity index (χ4v) is 3.73. The molecule has 0 saturated heterocycles. The van der Waals surface area contributed by atoms with Gasteiger partial charge in [-0.15, -0.1) is 10.2 Å². The van der Waals surface area contributed by atoms with Crippen LogP contribution in [-0.4, -0.2) is 33.5 Å². The van der Waals surface area contributed by atoms with Crippen LogP contribution in [0.1, 0.15) is 12.7 Å². The molecule has 1 aromatic heterocycles. The van der Waals surface area contributed by atoms with Gasteiger partial charge in [0.25, 0.3) is 0 Å². The van der Waals surface area contributed by atoms with E-state index in [0.29, 0.717) is 27.7 Å². The number of amides is 1. The molecule has 0 aliphatic carbocycles. The number of thioether (sulfide) groups is 1. The second-order valence-electron chi connectivity index (χ2n) is 6.07. The number of carbonyl (C=O) groups is 1. The van der Waals surface area contributed by atoms with Crippen LogP contribution in [0.3, 0.4) is 0 Å². The fourth-order valence-electron chi connectivity index (χ4n) is 2.58. The molecule has 3 rings (SSSR count). The van der Waals surface area contributed by atoms with Crippen LogP contribution in [0.25, 0.3) is 0 Å². The van der Waals surface area contributed by atoms with E-state index in [9.17, 15) is 9.18 Å². The molecular weight excluding hydrogens is 475 g/mol. The minimum absolute atomic E-state index is 0.0764. The largest absolute Gasteiger partial charge is 0.497 e. The predicted octanol–water partition coefficient (Wildman–Crippen LogP) is 4.52. The number of nitrogens with one attached hydrogen (secondary N) is 1. The van der Waals surface area contributed by atoms with Gasteiger partial charge in [-0.2, -0.15) is 0 Å². The van der Waals surface area contributed by atoms with Gasteiger partial charge in [-0.05, 0) is 49.4 Å². The molecule has 0 aliphatic heterocycles. The number of rotatable bonds is 9. The summed E-state index contributed by atoms with van der Waals surface area (Å²) < 4.78 is 27.2. The Morgan fingerprint density at radius 2 is 1.93 bits per heavy atom. The van der Waals surface area contributed by atoms with Crippen molar-refractivity contribution in [3.05, 3.63) is 58.6 Å². The van der Waals surface area contributed by atoms with Crippen molar-refractivity contribution >= 4 is 39.3 Å². The third kappa shape index (κ3) is 5.73. The van der Waals surface area contributed by atoms with Crippen molar-refractivity contribution in [1.82, 2.24) is 14.8 Å². The smallest absolute Gasteiger partial charge is 0.234 e. The van der Waals surface area contributed by atoms with E-state index in [-0.39, 0.29) is 24.0 Å². The lowest BCUT2D eigenvalue weighted by molar-refractivity contribution is -0.113. The summed E-state index contributed by atoms with van der Waals surface area (Å²) in [6, 6.07) is 11.7. The Kier molecular flexibility index (Phi) is 7.69. The zero-order valence-electron chi connectivity index (χ0n) is 16.4. The second-order valence-corrected chi connectivity index (χ2v) is 7.93. The van der Waals surface area contributed by atoms with Crippen molar-refractivity contribution in [3.8, 4) is 11.5 Å². The van der Waals surface area contributed by atoms with Crippen LogP contribution >= 0.6 is 27.7 Å². The van der Waals surface area contributed by atoms with E-state index in [4.69, 9.17) is 9.47 Å². The topological polar surface area (TPSA) is 78.3 Å². The summed E-state index contributed by atoms with van der Waals surface area (Å²) in [7, 11) is 1.61. The van der Waals surface area contributed by atoms with Gasteiger partial charge in [0.1, 0.15) is 23.9 Å². The molecule has 0 saturated carbocycles. The summed E-state index contributed by atoms with van der Waals surface area (Å²) in [4.78, 5) is 12.2. The first-order chi connectivity index (χ1) is 14.5. The highest BCUT2D eigenvalue weighted by Crippen LogP contribution is 2.22. The minimum atomic E-state index is -0.502. The predicted molar refractivity (Wildman–Crippen MR) is 116 cm³/mol. The number of anilines is 1. The molecule has 0 aliphatic rings. The standard InChI is InChI=1S/C20H20BrFN4O3S/c1-3-26-18(11-29-15-7-5-14(28-2)6-8-15)24-25-20(26)30-12-19(27)23-17-9-4-13(21)10-16(17)22/h4-10H,3,11-12H2,1-2H3,(H,23,27). The Labute approximate surface area is 186 Å². The molecule has 2 aromatic carbocycles. The van der Waals surface area contributed by atoms with Crippen molar-refractivity contribution < 1.29 is 18.7 Å². The third-order valence-electron chi connectivity index (χ3n) is 4.07. The van der Waals surface area contributed by atoms with Crippen LogP contribution in [0.4, 0.5) is 10.1 Å². The first-order valence-corrected chi connectivity index (χ1v) is 10.8. The van der Waals surface area contributed by atoms with Crippen molar-refractivity contribution in [2.24, 2.45) is 0 Å². The van der Waals surface area contributed by atoms with Crippen LogP contribution < -0.4 is 14.8 Å². The van der Waals surface area contributed by atoms with Crippen LogP contribution in [0.15, 0.2) is 52.1 Å². The molecule has 10 heteroatoms. The monoisotopic (exact) mass is 494 g/mol. The molecule has 0 unspecified atom stereocenters. The average molecular weight is 495 g/mol. The number of hydrogen-bond acceptors (Lipinski definition) is 6. The quantitative estimate of drug-likeness (QED) is 0.440. The molecule has 0 atom stereocenters. The van der Waals surface area contributed by atoms with Gasteiger partial charge in [0.05, 0.1) is 18.6 Å². The highest BCUT2D eigenvalue weighted by atomic mass is 79.9. The van der Waals surface area contributed by atoms with E-state index in [2.05, 4.69) is 31.4 Å². The van der Waals surface area contributed by atoms with E-state index in [0.717, 1.165) is 5.75 Å². The molecule has 0 bridgehead atoms. The fraction of sp³-hybridized carbons (Fsp3) is 0.250. The van der Waals surface area contributed by atoms with Crippen LogP contribution in [0, 0.1) is 5.82 Å². The molecule has 0 spiro atoms. The molecule has 7 nitrogen and oxygen atoms in total. The minimum Gasteiger partial charge on any atom is -0.497 e. The zero-order valence-corrected chi connectivity index (χ0v) is 18.8. The number of benzene rings is 2. The SMILES string of the molecule is CCn1c(COc2ccc(OC)cc2)nnc1SCC(=O)Nc1ccc(Br)cc1F. The number of methoxy groups -OCH3 is 1. The number of nitrogens with zero attached hydrogens (tertiary/aromatic N) is 3. The van der Waals surface area contributed by atoms with Gasteiger partial charge in [-0.25, -0.2) is 4.39 Å². The van der Waals surface area contributed by atoms with Crippen molar-refractivity contribution in [2.75, 3.05) is 18.2 Å². The van der Waals surface area contributed by atoms with Crippen LogP contribution in [-0.2, 0) is 17.9 Å². The molecule has 3 aromatic rings. The van der Waals surface area contributed by atoms with E-state index in [1.165, 1.54) is 23.9 Å². The van der Waals surface area contributed by atoms with Gasteiger partial charge in [0, 0.05) is 11.0 Å². The van der Waals surface area contributed by atoms with Crippen LogP contribution in [0.2, 0.25) is 0 Å². The molecule has 158 valence electrons. The lowest BCUT2D eigenvalue weighted by Gasteiger charge is -2.10. The maximum Gasteiger partial charge on any atom is 0.234 e. The summed E-state index contributed by atoms with van der Waals surface area (Å²) in [6.45, 7) is 2.82. The van der Waals surface area contributed by atoms with E-state index >= 15 is 0 Å². The van der Waals surface area contributed by atoms with Gasteiger partial charge < -0.3 is 19.4 Å². The van der Waals surface area contributed by atoms with Gasteiger partial charge in [-0.1, -0.05) is 27.7 Å². The highest BCUT2D eigenvalue weighted by molar-refractivity contribution is 9.10. The van der Waals surface area contributed by atoms with Crippen molar-refractivity contribution in [3.63, 3.8) is 0 Å². The Bertz CT molecular complexity index is 1010. The molecule has 1 amide bonds. The van der Waals surface area contributed by atoms with Gasteiger partial charge in [0.15, 0.2) is 11.0 Å². The lowest BCUT2D eigenvalue weighted by atomic mass is 10.3. The second kappa shape index (κ2) is 10.4. The lowest BCUT2D eigenvalue weighted by Crippen LogP contribution is -2.15. The maximum atomic E-state index is 13.9. The number of ether oxygens (including phenoxy) is 2. The number of hydrogen-bond donors (Lipinski definition) is 1. The molecule has 0 radical (unpaired) electrons. The molecule has 0 fully saturated rings. The maximum absolute atomic E-state index is 13.9. The van der Waals surface area contributed by atoms with Crippen molar-refractivity contribution in [2.45, 2.75) is 25.2 Å². The third-order valence-corrected chi connectivity index (χ3v) is 5.53. The normalized spacial score (nSPS) is 10.7. The van der Waals surface area contributed by atoms with Crippen LogP contribution in [0.5, 0.6) is 11.5 Å². The Balaban J connectivity index is 1.57. The Morgan fingerprint density at radius 1 is 1.20 bits per heavy atom. The molecular formula is C20H20BrFN4O3S. The average Bonchev–Trinajstić information content (AvgIpc) is 3.15. The molecule has 1 N–H and O–H groups in total. The number of aromatic nitrogens is 3. The number of halogens is 2. The summed E-state index contributed by atoms with van der Waals surface area (Å²) in [5.74, 6) is 1.33.